The molecular formula is C20H19N3O2. The van der Waals surface area contributed by atoms with Gasteiger partial charge in [-0.25, -0.2) is 4.98 Å². The van der Waals surface area contributed by atoms with Gasteiger partial charge in [-0.05, 0) is 61.4 Å². The Balaban J connectivity index is 2.01. The van der Waals surface area contributed by atoms with E-state index in [1.807, 2.05) is 54.0 Å². The highest BCUT2D eigenvalue weighted by molar-refractivity contribution is 5.97. The molecule has 1 aromatic heterocycles. The SMILES string of the molecule is CC(=O)c1ccc2c(c1)ncn2-c1cccc(C(C)=CC=C[NH2+][O-])c1. The van der Waals surface area contributed by atoms with E-state index in [1.54, 1.807) is 19.3 Å². The maximum absolute atomic E-state index is 11.5. The second kappa shape index (κ2) is 7.25. The quantitative estimate of drug-likeness (QED) is 0.442. The number of hydrogen-bond acceptors (Lipinski definition) is 3. The number of carbonyl (C=O) groups is 1. The van der Waals surface area contributed by atoms with Crippen molar-refractivity contribution >= 4 is 22.4 Å². The van der Waals surface area contributed by atoms with Gasteiger partial charge in [-0.2, -0.15) is 0 Å². The van der Waals surface area contributed by atoms with E-state index in [-0.39, 0.29) is 5.78 Å². The van der Waals surface area contributed by atoms with Gasteiger partial charge in [-0.1, -0.05) is 18.2 Å². The van der Waals surface area contributed by atoms with Gasteiger partial charge < -0.3 is 10.7 Å². The molecule has 3 rings (SSSR count). The molecule has 0 aliphatic rings. The van der Waals surface area contributed by atoms with Crippen LogP contribution < -0.4 is 5.48 Å². The average molecular weight is 333 g/mol. The molecule has 0 fully saturated rings. The molecule has 0 aliphatic carbocycles. The Kier molecular flexibility index (Phi) is 4.88. The minimum atomic E-state index is 0.0302. The third-order valence-electron chi connectivity index (χ3n) is 4.07. The molecular weight excluding hydrogens is 314 g/mol. The molecule has 0 saturated carbocycles. The van der Waals surface area contributed by atoms with Crippen LogP contribution in [0.25, 0.3) is 22.3 Å². The topological polar surface area (TPSA) is 74.6 Å². The second-order valence-electron chi connectivity index (χ2n) is 5.80. The summed E-state index contributed by atoms with van der Waals surface area (Å²) in [6.07, 6.45) is 6.85. The van der Waals surface area contributed by atoms with Gasteiger partial charge in [0.25, 0.3) is 0 Å². The lowest BCUT2D eigenvalue weighted by Gasteiger charge is -2.08. The number of rotatable bonds is 5. The van der Waals surface area contributed by atoms with Crippen LogP contribution in [-0.4, -0.2) is 15.3 Å². The van der Waals surface area contributed by atoms with E-state index in [2.05, 4.69) is 11.1 Å². The van der Waals surface area contributed by atoms with Crippen LogP contribution in [-0.2, 0) is 0 Å². The lowest BCUT2D eigenvalue weighted by molar-refractivity contribution is -0.514. The predicted octanol–water partition coefficient (Wildman–Crippen LogP) is 3.21. The van der Waals surface area contributed by atoms with E-state index < -0.39 is 0 Å². The van der Waals surface area contributed by atoms with E-state index in [4.69, 9.17) is 0 Å². The van der Waals surface area contributed by atoms with Crippen LogP contribution in [0.15, 0.2) is 67.1 Å². The molecule has 3 aromatic rings. The first-order valence-electron chi connectivity index (χ1n) is 7.98. The molecule has 5 heteroatoms. The van der Waals surface area contributed by atoms with Crippen molar-refractivity contribution in [3.63, 3.8) is 0 Å². The van der Waals surface area contributed by atoms with Crippen LogP contribution >= 0.6 is 0 Å². The Labute approximate surface area is 145 Å². The summed E-state index contributed by atoms with van der Waals surface area (Å²) < 4.78 is 2.00. The maximum Gasteiger partial charge on any atom is 0.159 e. The second-order valence-corrected chi connectivity index (χ2v) is 5.80. The standard InChI is InChI=1S/C20H19N3O2/c1-14(5-4-10-22-25)16-6-3-7-18(11-16)23-13-21-19-12-17(15(2)24)8-9-20(19)23/h3-13H,22H2,1-2H3. The van der Waals surface area contributed by atoms with Crippen molar-refractivity contribution < 1.29 is 10.3 Å². The fourth-order valence-electron chi connectivity index (χ4n) is 2.68. The number of hydroxylamine groups is 1. The van der Waals surface area contributed by atoms with Crippen LogP contribution in [0.3, 0.4) is 0 Å². The highest BCUT2D eigenvalue weighted by atomic mass is 16.5. The number of benzene rings is 2. The number of allylic oxidation sites excluding steroid dienone is 3. The molecule has 0 amide bonds. The molecule has 0 radical (unpaired) electrons. The number of Topliss-reactive ketones (excluding diaryl/α,β-unsaturated/α-hetero) is 1. The van der Waals surface area contributed by atoms with E-state index in [0.29, 0.717) is 5.56 Å². The number of nitrogens with two attached hydrogens (primary N) is 1. The Morgan fingerprint density at radius 3 is 2.76 bits per heavy atom. The van der Waals surface area contributed by atoms with Crippen molar-refractivity contribution in [2.24, 2.45) is 0 Å². The molecule has 5 nitrogen and oxygen atoms in total. The van der Waals surface area contributed by atoms with Gasteiger partial charge in [-0.3, -0.25) is 9.36 Å². The molecule has 1 heterocycles. The molecule has 25 heavy (non-hydrogen) atoms. The van der Waals surface area contributed by atoms with Gasteiger partial charge >= 0.3 is 0 Å². The number of carbonyl (C=O) groups excluding carboxylic acids is 1. The number of aromatic nitrogens is 2. The number of nitrogens with zero attached hydrogens (tertiary/aromatic N) is 2. The third kappa shape index (κ3) is 3.57. The molecule has 0 unspecified atom stereocenters. The Morgan fingerprint density at radius 1 is 1.16 bits per heavy atom. The molecule has 0 aliphatic heterocycles. The number of quaternary nitrogens is 1. The smallest absolute Gasteiger partial charge is 0.159 e. The molecule has 0 atom stereocenters. The van der Waals surface area contributed by atoms with Gasteiger partial charge in [0.05, 0.1) is 17.2 Å². The summed E-state index contributed by atoms with van der Waals surface area (Å²) in [5.41, 5.74) is 6.27. The molecule has 0 spiro atoms. The summed E-state index contributed by atoms with van der Waals surface area (Å²) in [6.45, 7) is 3.55. The van der Waals surface area contributed by atoms with Gasteiger partial charge in [0.1, 0.15) is 6.33 Å². The third-order valence-corrected chi connectivity index (χ3v) is 4.07. The minimum Gasteiger partial charge on any atom is -0.631 e. The van der Waals surface area contributed by atoms with Crippen molar-refractivity contribution in [2.75, 3.05) is 0 Å². The molecule has 2 N–H and O–H groups in total. The van der Waals surface area contributed by atoms with Gasteiger partial charge in [0, 0.05) is 11.3 Å². The fraction of sp³-hybridized carbons (Fsp3) is 0.100. The Morgan fingerprint density at radius 2 is 2.00 bits per heavy atom. The highest BCUT2D eigenvalue weighted by Gasteiger charge is 2.08. The van der Waals surface area contributed by atoms with E-state index in [9.17, 15) is 10.0 Å². The van der Waals surface area contributed by atoms with E-state index in [1.165, 1.54) is 6.20 Å². The van der Waals surface area contributed by atoms with Crippen LogP contribution in [0.1, 0.15) is 29.8 Å². The maximum atomic E-state index is 11.5. The summed E-state index contributed by atoms with van der Waals surface area (Å²) in [7, 11) is 0. The lowest BCUT2D eigenvalue weighted by atomic mass is 10.1. The van der Waals surface area contributed by atoms with Crippen LogP contribution in [0.5, 0.6) is 0 Å². The zero-order valence-electron chi connectivity index (χ0n) is 14.1. The number of ketones is 1. The predicted molar refractivity (Wildman–Crippen MR) is 99.2 cm³/mol. The van der Waals surface area contributed by atoms with Crippen molar-refractivity contribution in [2.45, 2.75) is 13.8 Å². The van der Waals surface area contributed by atoms with Crippen molar-refractivity contribution in [3.05, 3.63) is 83.5 Å². The molecule has 126 valence electrons. The van der Waals surface area contributed by atoms with E-state index in [0.717, 1.165) is 33.3 Å². The number of fused-ring (bicyclic) bond motifs is 1. The van der Waals surface area contributed by atoms with Gasteiger partial charge in [0.2, 0.25) is 0 Å². The van der Waals surface area contributed by atoms with Crippen LogP contribution in [0.2, 0.25) is 0 Å². The van der Waals surface area contributed by atoms with Crippen molar-refractivity contribution in [1.29, 1.82) is 0 Å². The summed E-state index contributed by atoms with van der Waals surface area (Å²) in [5.74, 6) is 0.0302. The zero-order valence-corrected chi connectivity index (χ0v) is 14.1. The molecule has 0 bridgehead atoms. The summed E-state index contributed by atoms with van der Waals surface area (Å²) in [5, 5.41) is 10.4. The number of hydrogen-bond donors (Lipinski definition) is 1. The molecule has 2 aromatic carbocycles. The first-order chi connectivity index (χ1) is 12.1. The first kappa shape index (κ1) is 16.8. The van der Waals surface area contributed by atoms with E-state index >= 15 is 0 Å². The number of imidazole rings is 1. The monoisotopic (exact) mass is 333 g/mol. The van der Waals surface area contributed by atoms with Crippen LogP contribution in [0, 0.1) is 5.21 Å². The zero-order chi connectivity index (χ0) is 17.8. The lowest BCUT2D eigenvalue weighted by Crippen LogP contribution is -2.69. The van der Waals surface area contributed by atoms with Crippen molar-refractivity contribution in [3.8, 4) is 5.69 Å². The Bertz CT molecular complexity index is 984. The normalized spacial score (nSPS) is 12.2. The molecule has 0 saturated heterocycles. The van der Waals surface area contributed by atoms with Gasteiger partial charge in [0.15, 0.2) is 5.78 Å². The van der Waals surface area contributed by atoms with Gasteiger partial charge in [-0.15, -0.1) is 0 Å². The largest absolute Gasteiger partial charge is 0.631 e. The summed E-state index contributed by atoms with van der Waals surface area (Å²) in [6, 6.07) is 13.6. The summed E-state index contributed by atoms with van der Waals surface area (Å²) >= 11 is 0. The van der Waals surface area contributed by atoms with Crippen LogP contribution in [0.4, 0.5) is 0 Å². The Hall–Kier alpha value is -3.02. The average Bonchev–Trinajstić information content (AvgIpc) is 3.05. The minimum absolute atomic E-state index is 0.0302. The van der Waals surface area contributed by atoms with Crippen molar-refractivity contribution in [1.82, 2.24) is 9.55 Å². The summed E-state index contributed by atoms with van der Waals surface area (Å²) in [4.78, 5) is 15.9. The first-order valence-corrected chi connectivity index (χ1v) is 7.98. The fourth-order valence-corrected chi connectivity index (χ4v) is 2.68. The highest BCUT2D eigenvalue weighted by Crippen LogP contribution is 2.23.